The molecule has 2 heterocycles. The van der Waals surface area contributed by atoms with Gasteiger partial charge in [-0.05, 0) is 50.6 Å². The molecule has 1 amide bonds. The molecule has 1 atom stereocenters. The summed E-state index contributed by atoms with van der Waals surface area (Å²) in [6.07, 6.45) is 2.02. The molecule has 0 N–H and O–H groups in total. The molecule has 9 heteroatoms. The summed E-state index contributed by atoms with van der Waals surface area (Å²) < 4.78 is 46.7. The highest BCUT2D eigenvalue weighted by atomic mass is 32.2. The minimum atomic E-state index is -4.29. The SMILES string of the molecule is CC(C)(C)OC(=O)N1CC2(CC(CC3=N[SH](C(F)(F)F)C=N3)C2)C1. The van der Waals surface area contributed by atoms with Crippen LogP contribution in [-0.2, 0) is 4.74 Å². The minimum Gasteiger partial charge on any atom is -0.444 e. The highest BCUT2D eigenvalue weighted by molar-refractivity contribution is 8.28. The number of amidine groups is 1. The average molecular weight is 365 g/mol. The molecule has 1 unspecified atom stereocenters. The number of amides is 1. The molecule has 1 spiro atoms. The molecule has 0 aromatic rings. The fraction of sp³-hybridized carbons (Fsp3) is 0.800. The standard InChI is InChI=1S/C15H22F3N3O2S/c1-13(2,3)23-12(22)21-7-14(8-21)5-10(6-14)4-11-19-9-24(20-11)15(16,17)18/h9-10,24H,4-8H2,1-3H3. The van der Waals surface area contributed by atoms with E-state index >= 15 is 0 Å². The van der Waals surface area contributed by atoms with Crippen LogP contribution in [0.1, 0.15) is 40.0 Å². The van der Waals surface area contributed by atoms with E-state index in [-0.39, 0.29) is 11.5 Å². The quantitative estimate of drug-likeness (QED) is 0.755. The lowest BCUT2D eigenvalue weighted by Crippen LogP contribution is -2.64. The van der Waals surface area contributed by atoms with E-state index in [1.165, 1.54) is 0 Å². The van der Waals surface area contributed by atoms with Crippen LogP contribution in [0.5, 0.6) is 0 Å². The molecule has 2 fully saturated rings. The number of rotatable bonds is 2. The second kappa shape index (κ2) is 5.64. The van der Waals surface area contributed by atoms with Gasteiger partial charge in [0.05, 0.1) is 5.55 Å². The largest absolute Gasteiger partial charge is 0.445 e. The van der Waals surface area contributed by atoms with Gasteiger partial charge < -0.3 is 9.64 Å². The molecule has 1 aliphatic carbocycles. The lowest BCUT2D eigenvalue weighted by molar-refractivity contribution is -0.0934. The Balaban J connectivity index is 1.42. The molecule has 0 bridgehead atoms. The molecule has 5 nitrogen and oxygen atoms in total. The van der Waals surface area contributed by atoms with Gasteiger partial charge in [0.15, 0.2) is 0 Å². The van der Waals surface area contributed by atoms with E-state index in [2.05, 4.69) is 9.39 Å². The summed E-state index contributed by atoms with van der Waals surface area (Å²) in [5.74, 6) is 0.631. The van der Waals surface area contributed by atoms with E-state index < -0.39 is 22.2 Å². The highest BCUT2D eigenvalue weighted by Gasteiger charge is 2.54. The van der Waals surface area contributed by atoms with Crippen LogP contribution >= 0.6 is 11.1 Å². The minimum absolute atomic E-state index is 0.124. The highest BCUT2D eigenvalue weighted by Crippen LogP contribution is 2.54. The number of alkyl halides is 3. The van der Waals surface area contributed by atoms with Crippen LogP contribution in [0.4, 0.5) is 18.0 Å². The van der Waals surface area contributed by atoms with Gasteiger partial charge in [0, 0.05) is 24.9 Å². The monoisotopic (exact) mass is 365 g/mol. The Morgan fingerprint density at radius 2 is 2.00 bits per heavy atom. The van der Waals surface area contributed by atoms with E-state index in [9.17, 15) is 18.0 Å². The first-order chi connectivity index (χ1) is 11.0. The van der Waals surface area contributed by atoms with Crippen molar-refractivity contribution in [2.24, 2.45) is 20.7 Å². The lowest BCUT2D eigenvalue weighted by atomic mass is 9.57. The number of aliphatic imine (C=N–C) groups is 1. The first kappa shape index (κ1) is 17.6. The van der Waals surface area contributed by atoms with E-state index in [1.807, 2.05) is 20.8 Å². The predicted octanol–water partition coefficient (Wildman–Crippen LogP) is 3.90. The smallest absolute Gasteiger partial charge is 0.444 e. The fourth-order valence-corrected chi connectivity index (χ4v) is 4.48. The van der Waals surface area contributed by atoms with Crippen molar-refractivity contribution in [3.05, 3.63) is 0 Å². The van der Waals surface area contributed by atoms with Crippen LogP contribution in [0.15, 0.2) is 9.39 Å². The second-order valence-corrected chi connectivity index (χ2v) is 9.52. The van der Waals surface area contributed by atoms with Crippen LogP contribution in [-0.4, -0.2) is 46.6 Å². The first-order valence-corrected chi connectivity index (χ1v) is 9.28. The molecule has 0 aromatic carbocycles. The second-order valence-electron chi connectivity index (χ2n) is 7.89. The summed E-state index contributed by atoms with van der Waals surface area (Å²) in [5.41, 5.74) is -3.73. The summed E-state index contributed by atoms with van der Waals surface area (Å²) in [7, 11) is 0. The van der Waals surface area contributed by atoms with Crippen molar-refractivity contribution in [1.29, 1.82) is 0 Å². The number of hydrogen-bond donors (Lipinski definition) is 1. The molecule has 1 saturated carbocycles. The van der Waals surface area contributed by atoms with E-state index in [1.54, 1.807) is 4.90 Å². The maximum atomic E-state index is 12.6. The zero-order chi connectivity index (χ0) is 17.8. The Labute approximate surface area is 141 Å². The molecule has 3 aliphatic rings. The summed E-state index contributed by atoms with van der Waals surface area (Å²) in [6.45, 7) is 6.84. The van der Waals surface area contributed by atoms with Gasteiger partial charge in [-0.25, -0.2) is 14.2 Å². The van der Waals surface area contributed by atoms with Crippen molar-refractivity contribution in [2.75, 3.05) is 13.1 Å². The number of carbonyl (C=O) groups is 1. The number of thiol groups is 1. The first-order valence-electron chi connectivity index (χ1n) is 7.92. The summed E-state index contributed by atoms with van der Waals surface area (Å²) in [5, 5.41) is 0. The van der Waals surface area contributed by atoms with Crippen molar-refractivity contribution >= 4 is 28.6 Å². The van der Waals surface area contributed by atoms with Gasteiger partial charge in [-0.3, -0.25) is 0 Å². The third-order valence-corrected chi connectivity index (χ3v) is 5.72. The van der Waals surface area contributed by atoms with Gasteiger partial charge in [0.25, 0.3) is 0 Å². The van der Waals surface area contributed by atoms with Crippen LogP contribution < -0.4 is 0 Å². The van der Waals surface area contributed by atoms with E-state index in [0.29, 0.717) is 31.3 Å². The number of ether oxygens (including phenoxy) is 1. The Morgan fingerprint density at radius 3 is 2.50 bits per heavy atom. The summed E-state index contributed by atoms with van der Waals surface area (Å²) in [4.78, 5) is 17.4. The molecule has 1 saturated heterocycles. The molecule has 3 rings (SSSR count). The third-order valence-electron chi connectivity index (χ3n) is 4.42. The van der Waals surface area contributed by atoms with Gasteiger partial charge in [-0.15, -0.1) is 0 Å². The number of nitrogens with zero attached hydrogens (tertiary/aromatic N) is 3. The number of likely N-dealkylation sites (tertiary alicyclic amines) is 1. The van der Waals surface area contributed by atoms with Crippen LogP contribution in [0.3, 0.4) is 0 Å². The van der Waals surface area contributed by atoms with Gasteiger partial charge in [0.1, 0.15) is 11.4 Å². The Morgan fingerprint density at radius 1 is 1.38 bits per heavy atom. The third kappa shape index (κ3) is 3.70. The molecule has 0 radical (unpaired) electrons. The molecule has 0 aromatic heterocycles. The maximum absolute atomic E-state index is 12.6. The Bertz CT molecular complexity index is 584. The normalized spacial score (nSPS) is 27.7. The lowest BCUT2D eigenvalue weighted by Gasteiger charge is -2.58. The fourth-order valence-electron chi connectivity index (χ4n) is 3.56. The van der Waals surface area contributed by atoms with E-state index in [4.69, 9.17) is 4.74 Å². The maximum Gasteiger partial charge on any atom is 0.445 e. The van der Waals surface area contributed by atoms with Crippen LogP contribution in [0.2, 0.25) is 0 Å². The van der Waals surface area contributed by atoms with E-state index in [0.717, 1.165) is 18.4 Å². The van der Waals surface area contributed by atoms with Crippen LogP contribution in [0.25, 0.3) is 0 Å². The molecular formula is C15H22F3N3O2S. The van der Waals surface area contributed by atoms with Gasteiger partial charge >= 0.3 is 11.6 Å². The van der Waals surface area contributed by atoms with Crippen molar-refractivity contribution in [1.82, 2.24) is 4.90 Å². The molecular weight excluding hydrogens is 343 g/mol. The van der Waals surface area contributed by atoms with Gasteiger partial charge in [-0.2, -0.15) is 13.2 Å². The number of carbonyl (C=O) groups excluding carboxylic acids is 1. The van der Waals surface area contributed by atoms with Gasteiger partial charge in [-0.1, -0.05) is 0 Å². The zero-order valence-electron chi connectivity index (χ0n) is 13.9. The number of hydrogen-bond acceptors (Lipinski definition) is 4. The Hall–Kier alpha value is -1.25. The summed E-state index contributed by atoms with van der Waals surface area (Å²) >= 11 is -2.45. The molecule has 24 heavy (non-hydrogen) atoms. The van der Waals surface area contributed by atoms with Crippen LogP contribution in [0, 0.1) is 11.3 Å². The topological polar surface area (TPSA) is 54.3 Å². The number of halogens is 3. The zero-order valence-corrected chi connectivity index (χ0v) is 14.8. The van der Waals surface area contributed by atoms with Crippen molar-refractivity contribution in [2.45, 2.75) is 51.1 Å². The molecule has 2 aliphatic heterocycles. The average Bonchev–Trinajstić information content (AvgIpc) is 2.75. The van der Waals surface area contributed by atoms with Gasteiger partial charge in [0.2, 0.25) is 0 Å². The van der Waals surface area contributed by atoms with Crippen molar-refractivity contribution in [3.8, 4) is 0 Å². The van der Waals surface area contributed by atoms with Crippen molar-refractivity contribution < 1.29 is 22.7 Å². The summed E-state index contributed by atoms with van der Waals surface area (Å²) in [6, 6.07) is 0. The molecule has 136 valence electrons. The van der Waals surface area contributed by atoms with Crippen molar-refractivity contribution in [3.63, 3.8) is 0 Å². The predicted molar refractivity (Wildman–Crippen MR) is 88.5 cm³/mol. The Kier molecular flexibility index (Phi) is 4.13.